The van der Waals surface area contributed by atoms with Crippen LogP contribution in [0.1, 0.15) is 29.2 Å². The number of carbonyl (C=O) groups is 2. The molecule has 0 amide bonds. The Kier molecular flexibility index (Phi) is 8.07. The van der Waals surface area contributed by atoms with Crippen LogP contribution in [0.2, 0.25) is 0 Å². The highest BCUT2D eigenvalue weighted by molar-refractivity contribution is 8.07. The topological polar surface area (TPSA) is 93.2 Å². The Morgan fingerprint density at radius 2 is 1.78 bits per heavy atom. The second-order valence-electron chi connectivity index (χ2n) is 3.87. The third kappa shape index (κ3) is 5.82. The van der Waals surface area contributed by atoms with Gasteiger partial charge in [-0.15, -0.1) is 0 Å². The molecule has 130 valence electrons. The van der Waals surface area contributed by atoms with Crippen molar-refractivity contribution in [2.45, 2.75) is 20.3 Å². The summed E-state index contributed by atoms with van der Waals surface area (Å²) in [6, 6.07) is 0. The van der Waals surface area contributed by atoms with E-state index in [2.05, 4.69) is 14.5 Å². The van der Waals surface area contributed by atoms with E-state index < -0.39 is 18.7 Å². The van der Waals surface area contributed by atoms with Crippen LogP contribution in [0.5, 0.6) is 5.19 Å². The first-order valence-corrected chi connectivity index (χ1v) is 9.99. The molecule has 0 aliphatic carbocycles. The smallest absolute Gasteiger partial charge is 0.382 e. The van der Waals surface area contributed by atoms with E-state index >= 15 is 0 Å². The first-order valence-electron chi connectivity index (χ1n) is 6.62. The van der Waals surface area contributed by atoms with Crippen LogP contribution in [-0.4, -0.2) is 44.4 Å². The minimum atomic E-state index is -3.01. The van der Waals surface area contributed by atoms with Gasteiger partial charge >= 0.3 is 18.7 Å². The second kappa shape index (κ2) is 9.29. The van der Waals surface area contributed by atoms with Crippen LogP contribution in [0.3, 0.4) is 0 Å². The maximum absolute atomic E-state index is 11.8. The van der Waals surface area contributed by atoms with E-state index in [-0.39, 0.29) is 22.2 Å². The molecule has 0 fully saturated rings. The predicted molar refractivity (Wildman–Crippen MR) is 87.3 cm³/mol. The Bertz CT molecular complexity index is 594. The van der Waals surface area contributed by atoms with Crippen molar-refractivity contribution in [2.75, 3.05) is 27.4 Å². The summed E-state index contributed by atoms with van der Waals surface area (Å²) in [5.41, 5.74) is 0.193. The fraction of sp³-hybridized carbons (Fsp3) is 0.583. The fourth-order valence-corrected chi connectivity index (χ4v) is 4.66. The van der Waals surface area contributed by atoms with E-state index in [1.165, 1.54) is 14.2 Å². The quantitative estimate of drug-likeness (QED) is 0.470. The van der Waals surface area contributed by atoms with Crippen LogP contribution in [-0.2, 0) is 41.5 Å². The Balaban J connectivity index is 3.09. The van der Waals surface area contributed by atoms with Crippen molar-refractivity contribution in [1.82, 2.24) is 4.98 Å². The molecule has 0 N–H and O–H groups in total. The molecule has 0 spiro atoms. The molecule has 11 heteroatoms. The first-order chi connectivity index (χ1) is 10.9. The molecule has 8 nitrogen and oxygen atoms in total. The maximum atomic E-state index is 11.8. The van der Waals surface area contributed by atoms with Gasteiger partial charge in [-0.1, -0.05) is 11.3 Å². The van der Waals surface area contributed by atoms with Gasteiger partial charge in [-0.2, -0.15) is 0 Å². The number of hydrogen-bond acceptors (Lipinski definition) is 10. The highest BCUT2D eigenvalue weighted by Gasteiger charge is 2.27. The Morgan fingerprint density at radius 1 is 1.17 bits per heavy atom. The number of hydrogen-bond donors (Lipinski definition) is 0. The zero-order valence-corrected chi connectivity index (χ0v) is 15.7. The first kappa shape index (κ1) is 20.0. The van der Waals surface area contributed by atoms with Crippen molar-refractivity contribution in [1.29, 1.82) is 0 Å². The van der Waals surface area contributed by atoms with Crippen molar-refractivity contribution in [3.8, 4) is 5.19 Å². The molecule has 0 aliphatic heterocycles. The zero-order valence-electron chi connectivity index (χ0n) is 13.2. The number of carbonyl (C=O) groups excluding carboxylic acids is 2. The molecule has 0 saturated carbocycles. The van der Waals surface area contributed by atoms with Crippen LogP contribution in [0.25, 0.3) is 0 Å². The molecular formula is C12H18NO7PS2. The Labute approximate surface area is 143 Å². The van der Waals surface area contributed by atoms with E-state index in [4.69, 9.17) is 25.4 Å². The zero-order chi connectivity index (χ0) is 17.5. The molecule has 0 aromatic carbocycles. The molecule has 1 aromatic heterocycles. The summed E-state index contributed by atoms with van der Waals surface area (Å²) in [7, 11) is 2.48. The van der Waals surface area contributed by atoms with Crippen LogP contribution < -0.4 is 4.52 Å². The molecule has 1 rings (SSSR count). The van der Waals surface area contributed by atoms with E-state index in [9.17, 15) is 9.59 Å². The molecule has 0 aliphatic rings. The molecule has 1 heterocycles. The van der Waals surface area contributed by atoms with Gasteiger partial charge in [-0.25, -0.2) is 9.78 Å². The van der Waals surface area contributed by atoms with Gasteiger partial charge < -0.3 is 14.0 Å². The summed E-state index contributed by atoms with van der Waals surface area (Å²) >= 11 is 6.15. The SMILES string of the molecule is CCOP(=S)(OCC)Oc1nc(CC(=O)OC)c(C(=O)OC)s1. The van der Waals surface area contributed by atoms with Gasteiger partial charge in [-0.05, 0) is 13.8 Å². The number of esters is 2. The summed E-state index contributed by atoms with van der Waals surface area (Å²) in [5.74, 6) is -1.17. The third-order valence-electron chi connectivity index (χ3n) is 2.35. The van der Waals surface area contributed by atoms with Gasteiger partial charge in [0.2, 0.25) is 0 Å². The standard InChI is InChI=1S/C12H18NO7PS2/c1-5-18-21(22,19-6-2)20-12-13-8(7-9(14)16-3)10(23-12)11(15)17-4/h5-7H2,1-4H3. The average Bonchev–Trinajstić information content (AvgIpc) is 2.88. The van der Waals surface area contributed by atoms with Gasteiger partial charge in [0.05, 0.1) is 39.5 Å². The molecule has 1 aromatic rings. The summed E-state index contributed by atoms with van der Waals surface area (Å²) in [4.78, 5) is 27.5. The number of methoxy groups -OCH3 is 2. The highest BCUT2D eigenvalue weighted by Crippen LogP contribution is 2.50. The number of ether oxygens (including phenoxy) is 2. The minimum absolute atomic E-state index is 0.0783. The van der Waals surface area contributed by atoms with Gasteiger partial charge in [0, 0.05) is 11.8 Å². The predicted octanol–water partition coefficient (Wildman–Crippen LogP) is 2.32. The van der Waals surface area contributed by atoms with Crippen molar-refractivity contribution >= 4 is 41.8 Å². The summed E-state index contributed by atoms with van der Waals surface area (Å²) < 4.78 is 25.5. The molecule has 0 bridgehead atoms. The van der Waals surface area contributed by atoms with Crippen molar-refractivity contribution in [3.05, 3.63) is 10.6 Å². The molecule has 0 unspecified atom stereocenters. The van der Waals surface area contributed by atoms with E-state index in [1.54, 1.807) is 13.8 Å². The lowest BCUT2D eigenvalue weighted by molar-refractivity contribution is -0.139. The lowest BCUT2D eigenvalue weighted by atomic mass is 10.3. The highest BCUT2D eigenvalue weighted by atomic mass is 32.5. The van der Waals surface area contributed by atoms with Crippen molar-refractivity contribution in [3.63, 3.8) is 0 Å². The maximum Gasteiger partial charge on any atom is 0.382 e. The van der Waals surface area contributed by atoms with Gasteiger partial charge in [0.15, 0.2) is 0 Å². The summed E-state index contributed by atoms with van der Waals surface area (Å²) in [6.07, 6.45) is -0.188. The fourth-order valence-electron chi connectivity index (χ4n) is 1.45. The molecule has 0 radical (unpaired) electrons. The summed E-state index contributed by atoms with van der Waals surface area (Å²) in [5, 5.41) is 0.0783. The number of nitrogens with zero attached hydrogens (tertiary/aromatic N) is 1. The normalized spacial score (nSPS) is 11.1. The van der Waals surface area contributed by atoms with Gasteiger partial charge in [-0.3, -0.25) is 13.8 Å². The van der Waals surface area contributed by atoms with Gasteiger partial charge in [0.25, 0.3) is 5.19 Å². The van der Waals surface area contributed by atoms with Crippen LogP contribution in [0.4, 0.5) is 0 Å². The third-order valence-corrected chi connectivity index (χ3v) is 5.83. The van der Waals surface area contributed by atoms with Crippen LogP contribution in [0.15, 0.2) is 0 Å². The minimum Gasteiger partial charge on any atom is -0.469 e. The largest absolute Gasteiger partial charge is 0.469 e. The second-order valence-corrected chi connectivity index (χ2v) is 7.77. The number of thiazole rings is 1. The summed E-state index contributed by atoms with van der Waals surface area (Å²) in [6.45, 7) is 1.12. The lowest BCUT2D eigenvalue weighted by Gasteiger charge is -2.18. The van der Waals surface area contributed by atoms with Crippen molar-refractivity contribution in [2.24, 2.45) is 0 Å². The van der Waals surface area contributed by atoms with E-state index in [1.807, 2.05) is 0 Å². The number of rotatable bonds is 9. The molecule has 0 saturated heterocycles. The molecule has 23 heavy (non-hydrogen) atoms. The monoisotopic (exact) mass is 383 g/mol. The lowest BCUT2D eigenvalue weighted by Crippen LogP contribution is -2.09. The Hall–Kier alpha value is -1.06. The Morgan fingerprint density at radius 3 is 2.26 bits per heavy atom. The van der Waals surface area contributed by atoms with Crippen LogP contribution >= 0.6 is 18.1 Å². The molecule has 0 atom stereocenters. The van der Waals surface area contributed by atoms with Crippen molar-refractivity contribution < 1.29 is 32.6 Å². The van der Waals surface area contributed by atoms with E-state index in [0.29, 0.717) is 13.2 Å². The van der Waals surface area contributed by atoms with E-state index in [0.717, 1.165) is 11.3 Å². The molecular weight excluding hydrogens is 365 g/mol. The number of aromatic nitrogens is 1. The van der Waals surface area contributed by atoms with Crippen LogP contribution in [0, 0.1) is 0 Å². The van der Waals surface area contributed by atoms with Gasteiger partial charge in [0.1, 0.15) is 4.88 Å². The average molecular weight is 383 g/mol.